The van der Waals surface area contributed by atoms with Crippen molar-refractivity contribution in [2.24, 2.45) is 0 Å². The molecule has 0 saturated carbocycles. The summed E-state index contributed by atoms with van der Waals surface area (Å²) in [6, 6.07) is 13.2. The Balaban J connectivity index is 1.64. The lowest BCUT2D eigenvalue weighted by molar-refractivity contribution is 0.0772. The maximum atomic E-state index is 13.4. The lowest BCUT2D eigenvalue weighted by Gasteiger charge is -2.19. The van der Waals surface area contributed by atoms with Crippen LogP contribution in [0.15, 0.2) is 48.5 Å². The Hall–Kier alpha value is -3.48. The molecule has 1 aromatic heterocycles. The molecule has 0 bridgehead atoms. The van der Waals surface area contributed by atoms with E-state index >= 15 is 0 Å². The summed E-state index contributed by atoms with van der Waals surface area (Å²) < 4.78 is 15.5. The Morgan fingerprint density at radius 2 is 1.82 bits per heavy atom. The van der Waals surface area contributed by atoms with Gasteiger partial charge in [0.1, 0.15) is 17.3 Å². The Morgan fingerprint density at radius 1 is 1.06 bits per heavy atom. The molecule has 0 fully saturated rings. The van der Waals surface area contributed by atoms with Crippen molar-refractivity contribution < 1.29 is 14.0 Å². The van der Waals surface area contributed by atoms with Crippen LogP contribution >= 0.6 is 0 Å². The van der Waals surface area contributed by atoms with E-state index in [1.54, 1.807) is 41.3 Å². The molecule has 1 aliphatic rings. The molecule has 2 amide bonds. The molecule has 7 heteroatoms. The summed E-state index contributed by atoms with van der Waals surface area (Å²) in [6.45, 7) is 5.90. The summed E-state index contributed by atoms with van der Waals surface area (Å²) in [5.74, 6) is 0.00742. The number of hydrogen-bond acceptors (Lipinski definition) is 3. The number of anilines is 1. The van der Waals surface area contributed by atoms with Gasteiger partial charge in [-0.05, 0) is 75.6 Å². The number of rotatable bonds is 6. The molecular formula is C26H29FN4O2. The van der Waals surface area contributed by atoms with Gasteiger partial charge in [-0.2, -0.15) is 0 Å². The van der Waals surface area contributed by atoms with E-state index in [0.29, 0.717) is 35.9 Å². The van der Waals surface area contributed by atoms with Crippen LogP contribution in [-0.4, -0.2) is 39.4 Å². The number of fused-ring (bicyclic) bond motifs is 1. The fourth-order valence-corrected chi connectivity index (χ4v) is 4.33. The number of benzene rings is 2. The smallest absolute Gasteiger partial charge is 0.276 e. The lowest BCUT2D eigenvalue weighted by Crippen LogP contribution is -2.30. The van der Waals surface area contributed by atoms with Crippen LogP contribution in [0.1, 0.15) is 59.7 Å². The molecule has 3 aromatic rings. The quantitative estimate of drug-likeness (QED) is 0.567. The molecule has 0 radical (unpaired) electrons. The zero-order valence-electron chi connectivity index (χ0n) is 19.1. The first-order valence-electron chi connectivity index (χ1n) is 11.6. The van der Waals surface area contributed by atoms with Crippen LogP contribution in [0, 0.1) is 5.82 Å². The van der Waals surface area contributed by atoms with Gasteiger partial charge in [-0.15, -0.1) is 0 Å². The molecule has 172 valence electrons. The van der Waals surface area contributed by atoms with Gasteiger partial charge >= 0.3 is 0 Å². The lowest BCUT2D eigenvalue weighted by atomic mass is 10.1. The SMILES string of the molecule is CCN(CC)C(=O)c1cccc(NC(=O)c2nc(-c3ccc(F)cc3)n3c2CCCCC3)c1. The van der Waals surface area contributed by atoms with E-state index in [9.17, 15) is 14.0 Å². The zero-order chi connectivity index (χ0) is 23.4. The highest BCUT2D eigenvalue weighted by molar-refractivity contribution is 6.05. The minimum atomic E-state index is -0.307. The minimum absolute atomic E-state index is 0.0643. The van der Waals surface area contributed by atoms with Crippen LogP contribution in [0.5, 0.6) is 0 Å². The number of amides is 2. The minimum Gasteiger partial charge on any atom is -0.339 e. The summed E-state index contributed by atoms with van der Waals surface area (Å²) in [5, 5.41) is 2.93. The molecule has 0 aliphatic carbocycles. The highest BCUT2D eigenvalue weighted by Crippen LogP contribution is 2.28. The number of carbonyl (C=O) groups excluding carboxylic acids is 2. The van der Waals surface area contributed by atoms with Crippen molar-refractivity contribution in [2.45, 2.75) is 46.1 Å². The zero-order valence-corrected chi connectivity index (χ0v) is 19.1. The number of imidazole rings is 1. The van der Waals surface area contributed by atoms with Crippen molar-refractivity contribution in [3.05, 3.63) is 71.3 Å². The largest absolute Gasteiger partial charge is 0.339 e. The summed E-state index contributed by atoms with van der Waals surface area (Å²) >= 11 is 0. The average molecular weight is 449 g/mol. The monoisotopic (exact) mass is 448 g/mol. The van der Waals surface area contributed by atoms with E-state index in [1.165, 1.54) is 12.1 Å². The standard InChI is InChI=1S/C26H29FN4O2/c1-3-30(4-2)26(33)19-9-8-10-21(17-19)28-25(32)23-22-11-6-5-7-16-31(22)24(29-23)18-12-14-20(27)15-13-18/h8-10,12-15,17H,3-7,11,16H2,1-2H3,(H,28,32). The molecule has 4 rings (SSSR count). The number of hydrogen-bond donors (Lipinski definition) is 1. The second-order valence-corrected chi connectivity index (χ2v) is 8.21. The van der Waals surface area contributed by atoms with Crippen LogP contribution < -0.4 is 5.32 Å². The molecule has 0 saturated heterocycles. The molecule has 1 N–H and O–H groups in total. The van der Waals surface area contributed by atoms with Crippen molar-refractivity contribution in [1.29, 1.82) is 0 Å². The maximum Gasteiger partial charge on any atom is 0.276 e. The Kier molecular flexibility index (Phi) is 6.87. The summed E-state index contributed by atoms with van der Waals surface area (Å²) in [7, 11) is 0. The third-order valence-corrected chi connectivity index (χ3v) is 6.10. The highest BCUT2D eigenvalue weighted by Gasteiger charge is 2.24. The number of aromatic nitrogens is 2. The van der Waals surface area contributed by atoms with Crippen molar-refractivity contribution in [2.75, 3.05) is 18.4 Å². The van der Waals surface area contributed by atoms with E-state index in [4.69, 9.17) is 4.98 Å². The molecule has 6 nitrogen and oxygen atoms in total. The number of nitrogens with one attached hydrogen (secondary N) is 1. The molecule has 33 heavy (non-hydrogen) atoms. The molecule has 0 atom stereocenters. The van der Waals surface area contributed by atoms with Gasteiger partial charge in [0.2, 0.25) is 0 Å². The van der Waals surface area contributed by atoms with Crippen LogP contribution in [0.3, 0.4) is 0 Å². The summed E-state index contributed by atoms with van der Waals surface area (Å²) in [4.78, 5) is 32.4. The average Bonchev–Trinajstić information content (AvgIpc) is 3.01. The number of carbonyl (C=O) groups is 2. The Morgan fingerprint density at radius 3 is 2.55 bits per heavy atom. The van der Waals surface area contributed by atoms with Gasteiger partial charge in [0.05, 0.1) is 5.69 Å². The Bertz CT molecular complexity index is 1150. The topological polar surface area (TPSA) is 67.2 Å². The van der Waals surface area contributed by atoms with Crippen LogP contribution in [0.4, 0.5) is 10.1 Å². The summed E-state index contributed by atoms with van der Waals surface area (Å²) in [6.07, 6.45) is 3.84. The molecule has 0 spiro atoms. The normalized spacial score (nSPS) is 13.2. The molecular weight excluding hydrogens is 419 g/mol. The van der Waals surface area contributed by atoms with Crippen molar-refractivity contribution in [3.63, 3.8) is 0 Å². The van der Waals surface area contributed by atoms with Crippen LogP contribution in [0.25, 0.3) is 11.4 Å². The first-order valence-corrected chi connectivity index (χ1v) is 11.6. The Labute approximate surface area is 193 Å². The third kappa shape index (κ3) is 4.82. The number of halogens is 1. The summed E-state index contributed by atoms with van der Waals surface area (Å²) in [5.41, 5.74) is 3.16. The van der Waals surface area contributed by atoms with Gasteiger partial charge in [-0.25, -0.2) is 9.37 Å². The molecule has 2 aromatic carbocycles. The van der Waals surface area contributed by atoms with Crippen molar-refractivity contribution in [1.82, 2.24) is 14.5 Å². The highest BCUT2D eigenvalue weighted by atomic mass is 19.1. The van der Waals surface area contributed by atoms with E-state index in [-0.39, 0.29) is 17.6 Å². The van der Waals surface area contributed by atoms with E-state index in [1.807, 2.05) is 13.8 Å². The van der Waals surface area contributed by atoms with Crippen LogP contribution in [-0.2, 0) is 13.0 Å². The van der Waals surface area contributed by atoms with E-state index < -0.39 is 0 Å². The van der Waals surface area contributed by atoms with E-state index in [2.05, 4.69) is 9.88 Å². The van der Waals surface area contributed by atoms with Gasteiger partial charge in [0, 0.05) is 36.4 Å². The van der Waals surface area contributed by atoms with Gasteiger partial charge in [0.15, 0.2) is 0 Å². The van der Waals surface area contributed by atoms with Gasteiger partial charge in [0.25, 0.3) is 11.8 Å². The van der Waals surface area contributed by atoms with Crippen LogP contribution in [0.2, 0.25) is 0 Å². The first-order chi connectivity index (χ1) is 16.0. The number of nitrogens with zero attached hydrogens (tertiary/aromatic N) is 3. The van der Waals surface area contributed by atoms with Gasteiger partial charge in [-0.1, -0.05) is 12.5 Å². The predicted molar refractivity (Wildman–Crippen MR) is 127 cm³/mol. The van der Waals surface area contributed by atoms with Crippen molar-refractivity contribution in [3.8, 4) is 11.4 Å². The fraction of sp³-hybridized carbons (Fsp3) is 0.346. The van der Waals surface area contributed by atoms with Gasteiger partial charge < -0.3 is 14.8 Å². The second-order valence-electron chi connectivity index (χ2n) is 8.21. The first kappa shape index (κ1) is 22.7. The predicted octanol–water partition coefficient (Wildman–Crippen LogP) is 5.15. The maximum absolute atomic E-state index is 13.4. The van der Waals surface area contributed by atoms with Crippen molar-refractivity contribution >= 4 is 17.5 Å². The van der Waals surface area contributed by atoms with E-state index in [0.717, 1.165) is 43.5 Å². The second kappa shape index (κ2) is 9.98. The third-order valence-electron chi connectivity index (χ3n) is 6.10. The molecule has 2 heterocycles. The molecule has 1 aliphatic heterocycles. The van der Waals surface area contributed by atoms with Gasteiger partial charge in [-0.3, -0.25) is 9.59 Å². The fourth-order valence-electron chi connectivity index (χ4n) is 4.33. The molecule has 0 unspecified atom stereocenters.